The first-order valence-electron chi connectivity index (χ1n) is 5.79. The Morgan fingerprint density at radius 1 is 1.38 bits per heavy atom. The molecule has 1 aliphatic rings. The molecule has 1 fully saturated rings. The van der Waals surface area contributed by atoms with E-state index in [-0.39, 0.29) is 24.3 Å². The van der Waals surface area contributed by atoms with Crippen LogP contribution in [0.25, 0.3) is 0 Å². The highest BCUT2D eigenvalue weighted by Gasteiger charge is 2.25. The Balaban J connectivity index is 2.25. The highest BCUT2D eigenvalue weighted by molar-refractivity contribution is 5.79. The van der Waals surface area contributed by atoms with Gasteiger partial charge in [0.15, 0.2) is 0 Å². The van der Waals surface area contributed by atoms with Gasteiger partial charge in [0.1, 0.15) is 0 Å². The average molecular weight is 228 g/mol. The van der Waals surface area contributed by atoms with E-state index in [4.69, 9.17) is 5.11 Å². The molecule has 0 spiro atoms. The molecule has 1 rings (SSSR count). The fourth-order valence-electron chi connectivity index (χ4n) is 1.89. The van der Waals surface area contributed by atoms with Gasteiger partial charge in [0.25, 0.3) is 0 Å². The zero-order chi connectivity index (χ0) is 12.0. The Morgan fingerprint density at radius 2 is 2.00 bits per heavy atom. The normalized spacial score (nSPS) is 17.2. The summed E-state index contributed by atoms with van der Waals surface area (Å²) in [5, 5.41) is 11.4. The molecule has 0 atom stereocenters. The molecule has 16 heavy (non-hydrogen) atoms. The maximum atomic E-state index is 11.7. The maximum absolute atomic E-state index is 11.7. The third kappa shape index (κ3) is 3.81. The van der Waals surface area contributed by atoms with E-state index >= 15 is 0 Å². The predicted octanol–water partition coefficient (Wildman–Crippen LogP) is -0.256. The van der Waals surface area contributed by atoms with Crippen LogP contribution in [-0.2, 0) is 9.59 Å². The highest BCUT2D eigenvalue weighted by atomic mass is 16.3. The van der Waals surface area contributed by atoms with Crippen molar-refractivity contribution in [3.8, 4) is 0 Å². The van der Waals surface area contributed by atoms with Crippen molar-refractivity contribution < 1.29 is 14.7 Å². The second kappa shape index (κ2) is 6.48. The zero-order valence-electron chi connectivity index (χ0n) is 9.74. The van der Waals surface area contributed by atoms with Crippen molar-refractivity contribution in [1.29, 1.82) is 0 Å². The van der Waals surface area contributed by atoms with Gasteiger partial charge in [0.2, 0.25) is 11.8 Å². The first-order valence-corrected chi connectivity index (χ1v) is 5.79. The molecule has 0 bridgehead atoms. The summed E-state index contributed by atoms with van der Waals surface area (Å²) in [5.74, 6) is 0.157. The van der Waals surface area contributed by atoms with Crippen molar-refractivity contribution in [3.63, 3.8) is 0 Å². The van der Waals surface area contributed by atoms with Gasteiger partial charge in [-0.2, -0.15) is 0 Å². The summed E-state index contributed by atoms with van der Waals surface area (Å²) < 4.78 is 0. The van der Waals surface area contributed by atoms with Crippen molar-refractivity contribution in [2.24, 2.45) is 5.92 Å². The zero-order valence-corrected chi connectivity index (χ0v) is 9.74. The molecule has 2 N–H and O–H groups in total. The molecular formula is C11H20N2O3. The molecule has 1 saturated heterocycles. The summed E-state index contributed by atoms with van der Waals surface area (Å²) in [6, 6.07) is 0. The maximum Gasteiger partial charge on any atom is 0.223 e. The summed E-state index contributed by atoms with van der Waals surface area (Å²) in [5.41, 5.74) is 0. The lowest BCUT2D eigenvalue weighted by Crippen LogP contribution is -2.42. The van der Waals surface area contributed by atoms with Crippen molar-refractivity contribution in [1.82, 2.24) is 10.2 Å². The number of carbonyl (C=O) groups is 2. The predicted molar refractivity (Wildman–Crippen MR) is 59.7 cm³/mol. The molecule has 0 aliphatic carbocycles. The Kier molecular flexibility index (Phi) is 5.25. The van der Waals surface area contributed by atoms with E-state index in [2.05, 4.69) is 5.32 Å². The number of piperidine rings is 1. The third-order valence-electron chi connectivity index (χ3n) is 2.95. The smallest absolute Gasteiger partial charge is 0.223 e. The van der Waals surface area contributed by atoms with Crippen molar-refractivity contribution >= 4 is 11.8 Å². The molecular weight excluding hydrogens is 208 g/mol. The van der Waals surface area contributed by atoms with Crippen LogP contribution in [0.4, 0.5) is 0 Å². The number of likely N-dealkylation sites (tertiary alicyclic amines) is 1. The lowest BCUT2D eigenvalue weighted by atomic mass is 9.96. The third-order valence-corrected chi connectivity index (χ3v) is 2.95. The Labute approximate surface area is 95.8 Å². The Bertz CT molecular complexity index is 248. The van der Waals surface area contributed by atoms with Gasteiger partial charge in [-0.1, -0.05) is 0 Å². The van der Waals surface area contributed by atoms with Crippen LogP contribution >= 0.6 is 0 Å². The van der Waals surface area contributed by atoms with E-state index < -0.39 is 0 Å². The molecule has 0 aromatic carbocycles. The number of hydrogen-bond acceptors (Lipinski definition) is 3. The summed E-state index contributed by atoms with van der Waals surface area (Å²) in [4.78, 5) is 24.5. The number of nitrogens with zero attached hydrogens (tertiary/aromatic N) is 1. The summed E-state index contributed by atoms with van der Waals surface area (Å²) in [6.45, 7) is 3.54. The molecule has 92 valence electrons. The number of hydrogen-bond donors (Lipinski definition) is 2. The van der Waals surface area contributed by atoms with Gasteiger partial charge < -0.3 is 15.3 Å². The summed E-state index contributed by atoms with van der Waals surface area (Å²) in [6.07, 6.45) is 2.08. The van der Waals surface area contributed by atoms with Crippen molar-refractivity contribution in [2.45, 2.75) is 26.2 Å². The van der Waals surface area contributed by atoms with Crippen LogP contribution in [0.2, 0.25) is 0 Å². The van der Waals surface area contributed by atoms with Gasteiger partial charge in [-0.25, -0.2) is 0 Å². The average Bonchev–Trinajstić information content (AvgIpc) is 2.29. The largest absolute Gasteiger partial charge is 0.396 e. The summed E-state index contributed by atoms with van der Waals surface area (Å²) >= 11 is 0. The highest BCUT2D eigenvalue weighted by Crippen LogP contribution is 2.17. The molecule has 0 unspecified atom stereocenters. The number of nitrogens with one attached hydrogen (secondary N) is 1. The number of aliphatic hydroxyl groups excluding tert-OH is 1. The van der Waals surface area contributed by atoms with Crippen LogP contribution in [0, 0.1) is 5.92 Å². The van der Waals surface area contributed by atoms with Gasteiger partial charge >= 0.3 is 0 Å². The number of rotatable bonds is 4. The van der Waals surface area contributed by atoms with Crippen molar-refractivity contribution in [2.75, 3.05) is 26.2 Å². The van der Waals surface area contributed by atoms with Crippen LogP contribution < -0.4 is 5.32 Å². The van der Waals surface area contributed by atoms with E-state index in [1.54, 1.807) is 11.8 Å². The monoisotopic (exact) mass is 228 g/mol. The lowest BCUT2D eigenvalue weighted by molar-refractivity contribution is -0.133. The molecule has 0 saturated carbocycles. The minimum Gasteiger partial charge on any atom is -0.396 e. The van der Waals surface area contributed by atoms with Crippen LogP contribution in [0.15, 0.2) is 0 Å². The van der Waals surface area contributed by atoms with E-state index in [1.165, 1.54) is 0 Å². The standard InChI is InChI=1S/C11H20N2O3/c1-9(15)13-6-3-10(4-7-13)11(16)12-5-2-8-14/h10,14H,2-8H2,1H3,(H,12,16). The fourth-order valence-corrected chi connectivity index (χ4v) is 1.89. The first-order chi connectivity index (χ1) is 7.65. The molecule has 0 radical (unpaired) electrons. The second-order valence-electron chi connectivity index (χ2n) is 4.15. The van der Waals surface area contributed by atoms with Crippen LogP contribution in [-0.4, -0.2) is 48.1 Å². The van der Waals surface area contributed by atoms with E-state index in [1.807, 2.05) is 0 Å². The van der Waals surface area contributed by atoms with Gasteiger partial charge in [-0.05, 0) is 19.3 Å². The Hall–Kier alpha value is -1.10. The quantitative estimate of drug-likeness (QED) is 0.652. The van der Waals surface area contributed by atoms with Gasteiger partial charge in [-0.15, -0.1) is 0 Å². The minimum absolute atomic E-state index is 0.0225. The Morgan fingerprint density at radius 3 is 2.50 bits per heavy atom. The van der Waals surface area contributed by atoms with Crippen LogP contribution in [0.5, 0.6) is 0 Å². The molecule has 0 aromatic rings. The molecule has 0 aromatic heterocycles. The van der Waals surface area contributed by atoms with Gasteiger partial charge in [-0.3, -0.25) is 9.59 Å². The molecule has 5 nitrogen and oxygen atoms in total. The fraction of sp³-hybridized carbons (Fsp3) is 0.818. The molecule has 1 heterocycles. The van der Waals surface area contributed by atoms with E-state index in [9.17, 15) is 9.59 Å². The second-order valence-corrected chi connectivity index (χ2v) is 4.15. The van der Waals surface area contributed by atoms with Gasteiger partial charge in [0, 0.05) is 39.1 Å². The van der Waals surface area contributed by atoms with Gasteiger partial charge in [0.05, 0.1) is 0 Å². The van der Waals surface area contributed by atoms with Crippen LogP contribution in [0.3, 0.4) is 0 Å². The number of carbonyl (C=O) groups excluding carboxylic acids is 2. The van der Waals surface area contributed by atoms with Crippen LogP contribution in [0.1, 0.15) is 26.2 Å². The number of aliphatic hydroxyl groups is 1. The molecule has 1 aliphatic heterocycles. The van der Waals surface area contributed by atoms with E-state index in [0.717, 1.165) is 12.8 Å². The molecule has 2 amide bonds. The SMILES string of the molecule is CC(=O)N1CCC(C(=O)NCCCO)CC1. The topological polar surface area (TPSA) is 69.6 Å². The van der Waals surface area contributed by atoms with E-state index in [0.29, 0.717) is 26.1 Å². The molecule has 5 heteroatoms. The number of amides is 2. The lowest BCUT2D eigenvalue weighted by Gasteiger charge is -2.30. The minimum atomic E-state index is 0.0225. The summed E-state index contributed by atoms with van der Waals surface area (Å²) in [7, 11) is 0. The van der Waals surface area contributed by atoms with Crippen molar-refractivity contribution in [3.05, 3.63) is 0 Å². The first kappa shape index (κ1) is 13.0.